The Hall–Kier alpha value is -0.860. The van der Waals surface area contributed by atoms with E-state index in [-0.39, 0.29) is 27.8 Å². The van der Waals surface area contributed by atoms with Crippen molar-refractivity contribution in [3.05, 3.63) is 46.2 Å². The molecule has 1 rings (SSSR count). The van der Waals surface area contributed by atoms with Crippen LogP contribution >= 0.6 is 23.2 Å². The second kappa shape index (κ2) is 5.29. The number of ketones is 1. The molecule has 0 saturated heterocycles. The molecule has 0 saturated carbocycles. The van der Waals surface area contributed by atoms with Crippen LogP contribution < -0.4 is 0 Å². The molecule has 0 unspecified atom stereocenters. The fraction of sp³-hybridized carbons (Fsp3) is 0.182. The maximum absolute atomic E-state index is 13.1. The molecule has 1 nitrogen and oxygen atoms in total. The summed E-state index contributed by atoms with van der Waals surface area (Å²) in [6, 6.07) is 2.45. The third kappa shape index (κ3) is 3.05. The number of allylic oxidation sites excluding steroid dienone is 1. The van der Waals surface area contributed by atoms with Crippen LogP contribution in [0.2, 0.25) is 10.0 Å². The van der Waals surface area contributed by atoms with Crippen LogP contribution in [0.5, 0.6) is 0 Å². The van der Waals surface area contributed by atoms with Crippen LogP contribution in [0.1, 0.15) is 23.2 Å². The quantitative estimate of drug-likeness (QED) is 0.441. The van der Waals surface area contributed by atoms with Gasteiger partial charge in [-0.05, 0) is 18.6 Å². The number of hydrogen-bond donors (Lipinski definition) is 0. The van der Waals surface area contributed by atoms with Gasteiger partial charge in [0, 0.05) is 17.0 Å². The first kappa shape index (κ1) is 12.2. The first-order valence-electron chi connectivity index (χ1n) is 4.35. The van der Waals surface area contributed by atoms with E-state index in [1.165, 1.54) is 6.07 Å². The Balaban J connectivity index is 3.02. The maximum atomic E-state index is 13.1. The molecule has 0 aliphatic heterocycles. The van der Waals surface area contributed by atoms with Crippen LogP contribution in [0.4, 0.5) is 4.39 Å². The molecule has 0 atom stereocenters. The summed E-state index contributed by atoms with van der Waals surface area (Å²) in [5.74, 6) is -0.910. The molecular formula is C11H9Cl2FO. The Morgan fingerprint density at radius 2 is 2.13 bits per heavy atom. The van der Waals surface area contributed by atoms with Crippen molar-refractivity contribution >= 4 is 29.0 Å². The highest BCUT2D eigenvalue weighted by atomic mass is 35.5. The van der Waals surface area contributed by atoms with E-state index < -0.39 is 5.82 Å². The van der Waals surface area contributed by atoms with Gasteiger partial charge in [0.25, 0.3) is 0 Å². The summed E-state index contributed by atoms with van der Waals surface area (Å²) in [7, 11) is 0. The molecule has 0 aromatic heterocycles. The smallest absolute Gasteiger partial charge is 0.164 e. The SMILES string of the molecule is C=CCCC(=O)c1cc(Cl)cc(F)c1Cl. The minimum Gasteiger partial charge on any atom is -0.294 e. The molecule has 0 amide bonds. The second-order valence-corrected chi connectivity index (χ2v) is 3.81. The summed E-state index contributed by atoms with van der Waals surface area (Å²) in [6.45, 7) is 3.50. The summed E-state index contributed by atoms with van der Waals surface area (Å²) in [5, 5.41) is -0.00712. The van der Waals surface area contributed by atoms with Gasteiger partial charge in [-0.2, -0.15) is 0 Å². The third-order valence-corrected chi connectivity index (χ3v) is 2.47. The molecule has 0 N–H and O–H groups in total. The third-order valence-electron chi connectivity index (χ3n) is 1.87. The standard InChI is InChI=1S/C11H9Cl2FO/c1-2-3-4-10(15)8-5-7(12)6-9(14)11(8)13/h2,5-6H,1,3-4H2. The van der Waals surface area contributed by atoms with Crippen molar-refractivity contribution in [1.82, 2.24) is 0 Å². The Kier molecular flexibility index (Phi) is 4.30. The molecule has 0 radical (unpaired) electrons. The molecule has 0 spiro atoms. The highest BCUT2D eigenvalue weighted by molar-refractivity contribution is 6.36. The second-order valence-electron chi connectivity index (χ2n) is 3.00. The van der Waals surface area contributed by atoms with E-state index in [1.807, 2.05) is 0 Å². The number of hydrogen-bond acceptors (Lipinski definition) is 1. The topological polar surface area (TPSA) is 17.1 Å². The number of carbonyl (C=O) groups is 1. The van der Waals surface area contributed by atoms with Crippen molar-refractivity contribution in [3.63, 3.8) is 0 Å². The zero-order valence-corrected chi connectivity index (χ0v) is 9.41. The molecule has 1 aromatic carbocycles. The van der Waals surface area contributed by atoms with Crippen molar-refractivity contribution in [2.75, 3.05) is 0 Å². The average molecular weight is 247 g/mol. The molecule has 80 valence electrons. The first-order chi connectivity index (χ1) is 7.06. The summed E-state index contributed by atoms with van der Waals surface area (Å²) in [5.41, 5.74) is 0.128. The highest BCUT2D eigenvalue weighted by Crippen LogP contribution is 2.25. The largest absolute Gasteiger partial charge is 0.294 e. The average Bonchev–Trinajstić information content (AvgIpc) is 2.19. The fourth-order valence-electron chi connectivity index (χ4n) is 1.13. The zero-order chi connectivity index (χ0) is 11.4. The summed E-state index contributed by atoms with van der Waals surface area (Å²) in [4.78, 5) is 11.6. The number of Topliss-reactive ketones (excluding diaryl/α,β-unsaturated/α-hetero) is 1. The number of benzene rings is 1. The molecule has 0 fully saturated rings. The Bertz CT molecular complexity index is 402. The van der Waals surface area contributed by atoms with E-state index in [1.54, 1.807) is 6.08 Å². The lowest BCUT2D eigenvalue weighted by Crippen LogP contribution is -2.00. The predicted molar refractivity (Wildman–Crippen MR) is 60.2 cm³/mol. The lowest BCUT2D eigenvalue weighted by molar-refractivity contribution is 0.0983. The molecule has 0 bridgehead atoms. The van der Waals surface area contributed by atoms with Gasteiger partial charge in [0.15, 0.2) is 5.78 Å². The predicted octanol–water partition coefficient (Wildman–Crippen LogP) is 4.28. The first-order valence-corrected chi connectivity index (χ1v) is 5.10. The van der Waals surface area contributed by atoms with Gasteiger partial charge < -0.3 is 0 Å². The Morgan fingerprint density at radius 1 is 1.47 bits per heavy atom. The molecule has 0 heterocycles. The van der Waals surface area contributed by atoms with Crippen LogP contribution in [0.15, 0.2) is 24.8 Å². The molecular weight excluding hydrogens is 238 g/mol. The Labute approximate surface area is 97.5 Å². The summed E-state index contributed by atoms with van der Waals surface area (Å²) < 4.78 is 13.1. The maximum Gasteiger partial charge on any atom is 0.164 e. The van der Waals surface area contributed by atoms with Crippen molar-refractivity contribution in [2.24, 2.45) is 0 Å². The minimum absolute atomic E-state index is 0.128. The fourth-order valence-corrected chi connectivity index (χ4v) is 1.55. The van der Waals surface area contributed by atoms with Crippen molar-refractivity contribution in [3.8, 4) is 0 Å². The van der Waals surface area contributed by atoms with Gasteiger partial charge in [0.05, 0.1) is 5.02 Å². The molecule has 15 heavy (non-hydrogen) atoms. The van der Waals surface area contributed by atoms with Crippen LogP contribution in [-0.2, 0) is 0 Å². The van der Waals surface area contributed by atoms with Crippen LogP contribution in [0.3, 0.4) is 0 Å². The van der Waals surface area contributed by atoms with Gasteiger partial charge >= 0.3 is 0 Å². The van der Waals surface area contributed by atoms with Crippen molar-refractivity contribution < 1.29 is 9.18 Å². The molecule has 0 aliphatic rings. The van der Waals surface area contributed by atoms with Crippen LogP contribution in [-0.4, -0.2) is 5.78 Å². The summed E-state index contributed by atoms with van der Waals surface area (Å²) in [6.07, 6.45) is 2.40. The van der Waals surface area contributed by atoms with Crippen LogP contribution in [0.25, 0.3) is 0 Å². The van der Waals surface area contributed by atoms with E-state index in [9.17, 15) is 9.18 Å². The van der Waals surface area contributed by atoms with Gasteiger partial charge in [-0.25, -0.2) is 4.39 Å². The monoisotopic (exact) mass is 246 g/mol. The van der Waals surface area contributed by atoms with Gasteiger partial charge in [-0.15, -0.1) is 6.58 Å². The molecule has 4 heteroatoms. The van der Waals surface area contributed by atoms with Gasteiger partial charge in [-0.3, -0.25) is 4.79 Å². The van der Waals surface area contributed by atoms with E-state index in [0.717, 1.165) is 6.07 Å². The van der Waals surface area contributed by atoms with Gasteiger partial charge in [0.2, 0.25) is 0 Å². The van der Waals surface area contributed by atoms with Gasteiger partial charge in [0.1, 0.15) is 5.82 Å². The van der Waals surface area contributed by atoms with E-state index >= 15 is 0 Å². The summed E-state index contributed by atoms with van der Waals surface area (Å²) >= 11 is 11.3. The molecule has 1 aromatic rings. The lowest BCUT2D eigenvalue weighted by atomic mass is 10.1. The normalized spacial score (nSPS) is 10.1. The zero-order valence-electron chi connectivity index (χ0n) is 7.90. The van der Waals surface area contributed by atoms with E-state index in [0.29, 0.717) is 6.42 Å². The number of rotatable bonds is 4. The van der Waals surface area contributed by atoms with E-state index in [4.69, 9.17) is 23.2 Å². The van der Waals surface area contributed by atoms with Crippen molar-refractivity contribution in [1.29, 1.82) is 0 Å². The number of halogens is 3. The number of carbonyl (C=O) groups excluding carboxylic acids is 1. The minimum atomic E-state index is -0.675. The van der Waals surface area contributed by atoms with Crippen molar-refractivity contribution in [2.45, 2.75) is 12.8 Å². The lowest BCUT2D eigenvalue weighted by Gasteiger charge is -2.04. The molecule has 0 aliphatic carbocycles. The van der Waals surface area contributed by atoms with Crippen LogP contribution in [0, 0.1) is 5.82 Å². The highest BCUT2D eigenvalue weighted by Gasteiger charge is 2.14. The Morgan fingerprint density at radius 3 is 2.73 bits per heavy atom. The van der Waals surface area contributed by atoms with E-state index in [2.05, 4.69) is 6.58 Å². The van der Waals surface area contributed by atoms with Gasteiger partial charge in [-0.1, -0.05) is 29.3 Å².